The zero-order valence-corrected chi connectivity index (χ0v) is 10.7. The molecule has 0 aliphatic rings. The zero-order valence-electron chi connectivity index (χ0n) is 10.7. The Bertz CT molecular complexity index is 525. The molecule has 100 valence electrons. The van der Waals surface area contributed by atoms with E-state index in [1.807, 2.05) is 0 Å². The smallest absolute Gasteiger partial charge is 0.255 e. The molecule has 0 atom stereocenters. The van der Waals surface area contributed by atoms with Crippen LogP contribution < -0.4 is 10.6 Å². The van der Waals surface area contributed by atoms with Crippen molar-refractivity contribution in [1.82, 2.24) is 15.5 Å². The molecule has 1 amide bonds. The first-order valence-corrected chi connectivity index (χ1v) is 6.17. The lowest BCUT2D eigenvalue weighted by molar-refractivity contribution is 0.0950. The number of rotatable bonds is 6. The van der Waals surface area contributed by atoms with Crippen LogP contribution in [0.25, 0.3) is 0 Å². The molecule has 0 bridgehead atoms. The highest BCUT2D eigenvalue weighted by molar-refractivity contribution is 5.98. The Labute approximate surface area is 111 Å². The van der Waals surface area contributed by atoms with Crippen molar-refractivity contribution < 1.29 is 9.32 Å². The second kappa shape index (κ2) is 6.53. The number of pyridine rings is 1. The summed E-state index contributed by atoms with van der Waals surface area (Å²) in [5.41, 5.74) is 1.21. The molecule has 2 rings (SSSR count). The molecular weight excluding hydrogens is 244 g/mol. The Hall–Kier alpha value is -2.37. The SMILES string of the molecule is CCCNc1ncccc1C(=O)NCc1ccon1. The van der Waals surface area contributed by atoms with E-state index in [-0.39, 0.29) is 5.91 Å². The highest BCUT2D eigenvalue weighted by Gasteiger charge is 2.11. The quantitative estimate of drug-likeness (QED) is 0.828. The van der Waals surface area contributed by atoms with E-state index < -0.39 is 0 Å². The first kappa shape index (κ1) is 13.1. The number of hydrogen-bond acceptors (Lipinski definition) is 5. The van der Waals surface area contributed by atoms with Gasteiger partial charge in [-0.3, -0.25) is 4.79 Å². The molecular formula is C13H16N4O2. The second-order valence-corrected chi connectivity index (χ2v) is 4.00. The molecule has 0 saturated heterocycles. The topological polar surface area (TPSA) is 80.0 Å². The monoisotopic (exact) mass is 260 g/mol. The van der Waals surface area contributed by atoms with E-state index >= 15 is 0 Å². The van der Waals surface area contributed by atoms with E-state index in [9.17, 15) is 4.79 Å². The normalized spacial score (nSPS) is 10.2. The molecule has 6 heteroatoms. The van der Waals surface area contributed by atoms with Gasteiger partial charge in [0.1, 0.15) is 17.8 Å². The molecule has 2 aromatic heterocycles. The summed E-state index contributed by atoms with van der Waals surface area (Å²) >= 11 is 0. The molecule has 0 aromatic carbocycles. The Balaban J connectivity index is 2.01. The van der Waals surface area contributed by atoms with Crippen molar-refractivity contribution in [2.24, 2.45) is 0 Å². The van der Waals surface area contributed by atoms with Crippen LogP contribution in [-0.2, 0) is 6.54 Å². The van der Waals surface area contributed by atoms with Gasteiger partial charge in [-0.25, -0.2) is 4.98 Å². The highest BCUT2D eigenvalue weighted by Crippen LogP contribution is 2.11. The van der Waals surface area contributed by atoms with Gasteiger partial charge in [0.2, 0.25) is 0 Å². The number of hydrogen-bond donors (Lipinski definition) is 2. The zero-order chi connectivity index (χ0) is 13.5. The number of amides is 1. The number of carbonyl (C=O) groups is 1. The van der Waals surface area contributed by atoms with Crippen molar-refractivity contribution >= 4 is 11.7 Å². The molecule has 0 aliphatic heterocycles. The average Bonchev–Trinajstić information content (AvgIpc) is 2.96. The summed E-state index contributed by atoms with van der Waals surface area (Å²) in [4.78, 5) is 16.3. The minimum atomic E-state index is -0.185. The lowest BCUT2D eigenvalue weighted by Gasteiger charge is -2.09. The highest BCUT2D eigenvalue weighted by atomic mass is 16.5. The minimum Gasteiger partial charge on any atom is -0.369 e. The predicted molar refractivity (Wildman–Crippen MR) is 70.7 cm³/mol. The standard InChI is InChI=1S/C13H16N4O2/c1-2-6-14-12-11(4-3-7-15-12)13(18)16-9-10-5-8-19-17-10/h3-5,7-8H,2,6,9H2,1H3,(H,14,15)(H,16,18). The molecule has 2 N–H and O–H groups in total. The molecule has 0 radical (unpaired) electrons. The summed E-state index contributed by atoms with van der Waals surface area (Å²) in [5, 5.41) is 9.64. The van der Waals surface area contributed by atoms with Gasteiger partial charge >= 0.3 is 0 Å². The van der Waals surface area contributed by atoms with Crippen LogP contribution in [0.3, 0.4) is 0 Å². The number of aromatic nitrogens is 2. The summed E-state index contributed by atoms with van der Waals surface area (Å²) in [6.45, 7) is 3.16. The van der Waals surface area contributed by atoms with E-state index in [2.05, 4.69) is 27.7 Å². The van der Waals surface area contributed by atoms with Crippen molar-refractivity contribution in [1.29, 1.82) is 0 Å². The van der Waals surface area contributed by atoms with Gasteiger partial charge in [0, 0.05) is 18.8 Å². The van der Waals surface area contributed by atoms with Gasteiger partial charge in [-0.2, -0.15) is 0 Å². The second-order valence-electron chi connectivity index (χ2n) is 4.00. The fourth-order valence-corrected chi connectivity index (χ4v) is 1.57. The van der Waals surface area contributed by atoms with Crippen LogP contribution in [0.5, 0.6) is 0 Å². The van der Waals surface area contributed by atoms with Crippen molar-refractivity contribution in [2.75, 3.05) is 11.9 Å². The van der Waals surface area contributed by atoms with E-state index in [1.165, 1.54) is 6.26 Å². The Morgan fingerprint density at radius 3 is 3.05 bits per heavy atom. The average molecular weight is 260 g/mol. The molecule has 0 fully saturated rings. The molecule has 19 heavy (non-hydrogen) atoms. The van der Waals surface area contributed by atoms with Gasteiger partial charge in [-0.15, -0.1) is 0 Å². The van der Waals surface area contributed by atoms with Crippen LogP contribution >= 0.6 is 0 Å². The van der Waals surface area contributed by atoms with Gasteiger partial charge in [0.15, 0.2) is 0 Å². The molecule has 2 heterocycles. The van der Waals surface area contributed by atoms with Crippen molar-refractivity contribution in [3.63, 3.8) is 0 Å². The maximum atomic E-state index is 12.1. The van der Waals surface area contributed by atoms with Crippen LogP contribution in [0, 0.1) is 0 Å². The van der Waals surface area contributed by atoms with Crippen molar-refractivity contribution in [2.45, 2.75) is 19.9 Å². The minimum absolute atomic E-state index is 0.185. The fourth-order valence-electron chi connectivity index (χ4n) is 1.57. The van der Waals surface area contributed by atoms with Crippen LogP contribution in [0.1, 0.15) is 29.4 Å². The first-order chi connectivity index (χ1) is 9.31. The van der Waals surface area contributed by atoms with Crippen LogP contribution in [0.4, 0.5) is 5.82 Å². The van der Waals surface area contributed by atoms with Gasteiger partial charge in [0.05, 0.1) is 12.1 Å². The third-order valence-corrected chi connectivity index (χ3v) is 2.52. The van der Waals surface area contributed by atoms with E-state index in [0.29, 0.717) is 23.6 Å². The lowest BCUT2D eigenvalue weighted by atomic mass is 10.2. The van der Waals surface area contributed by atoms with Crippen LogP contribution in [0.15, 0.2) is 35.2 Å². The van der Waals surface area contributed by atoms with Gasteiger partial charge in [-0.05, 0) is 18.6 Å². The molecule has 6 nitrogen and oxygen atoms in total. The number of nitrogens with zero attached hydrogens (tertiary/aromatic N) is 2. The third kappa shape index (κ3) is 3.54. The summed E-state index contributed by atoms with van der Waals surface area (Å²) in [6, 6.07) is 5.19. The molecule has 0 unspecified atom stereocenters. The van der Waals surface area contributed by atoms with E-state index in [4.69, 9.17) is 4.52 Å². The summed E-state index contributed by atoms with van der Waals surface area (Å²) < 4.78 is 4.70. The summed E-state index contributed by atoms with van der Waals surface area (Å²) in [7, 11) is 0. The lowest BCUT2D eigenvalue weighted by Crippen LogP contribution is -2.24. The Kier molecular flexibility index (Phi) is 4.49. The maximum absolute atomic E-state index is 12.1. The Morgan fingerprint density at radius 2 is 2.32 bits per heavy atom. The van der Waals surface area contributed by atoms with E-state index in [0.717, 1.165) is 13.0 Å². The number of anilines is 1. The molecule has 0 spiro atoms. The molecule has 0 saturated carbocycles. The third-order valence-electron chi connectivity index (χ3n) is 2.52. The predicted octanol–water partition coefficient (Wildman–Crippen LogP) is 1.82. The van der Waals surface area contributed by atoms with Crippen molar-refractivity contribution in [3.05, 3.63) is 41.9 Å². The molecule has 2 aromatic rings. The maximum Gasteiger partial charge on any atom is 0.255 e. The van der Waals surface area contributed by atoms with Crippen LogP contribution in [0.2, 0.25) is 0 Å². The number of carbonyl (C=O) groups excluding carboxylic acids is 1. The van der Waals surface area contributed by atoms with Gasteiger partial charge in [0.25, 0.3) is 5.91 Å². The number of nitrogens with one attached hydrogen (secondary N) is 2. The van der Waals surface area contributed by atoms with Gasteiger partial charge < -0.3 is 15.2 Å². The Morgan fingerprint density at radius 1 is 1.42 bits per heavy atom. The largest absolute Gasteiger partial charge is 0.369 e. The van der Waals surface area contributed by atoms with Gasteiger partial charge in [-0.1, -0.05) is 12.1 Å². The first-order valence-electron chi connectivity index (χ1n) is 6.17. The van der Waals surface area contributed by atoms with E-state index in [1.54, 1.807) is 24.4 Å². The van der Waals surface area contributed by atoms with Crippen LogP contribution in [-0.4, -0.2) is 22.6 Å². The summed E-state index contributed by atoms with van der Waals surface area (Å²) in [6.07, 6.45) is 4.10. The summed E-state index contributed by atoms with van der Waals surface area (Å²) in [5.74, 6) is 0.414. The fraction of sp³-hybridized carbons (Fsp3) is 0.308. The van der Waals surface area contributed by atoms with Crippen molar-refractivity contribution in [3.8, 4) is 0 Å². The molecule has 0 aliphatic carbocycles.